The lowest BCUT2D eigenvalue weighted by Gasteiger charge is -2.16. The van der Waals surface area contributed by atoms with Gasteiger partial charge in [0, 0.05) is 15.8 Å². The van der Waals surface area contributed by atoms with Crippen molar-refractivity contribution >= 4 is 39.1 Å². The summed E-state index contributed by atoms with van der Waals surface area (Å²) in [7, 11) is 0. The van der Waals surface area contributed by atoms with E-state index in [4.69, 9.17) is 0 Å². The van der Waals surface area contributed by atoms with Crippen LogP contribution in [-0.2, 0) is 9.59 Å². The van der Waals surface area contributed by atoms with Crippen molar-refractivity contribution in [2.75, 3.05) is 10.6 Å². The van der Waals surface area contributed by atoms with Gasteiger partial charge < -0.3 is 10.6 Å². The van der Waals surface area contributed by atoms with Crippen LogP contribution >= 0.6 is 15.9 Å². The zero-order valence-corrected chi connectivity index (χ0v) is 15.2. The van der Waals surface area contributed by atoms with Gasteiger partial charge in [0.2, 0.25) is 11.8 Å². The highest BCUT2D eigenvalue weighted by molar-refractivity contribution is 9.10. The lowest BCUT2D eigenvalue weighted by molar-refractivity contribution is -0.131. The van der Waals surface area contributed by atoms with Crippen molar-refractivity contribution in [2.24, 2.45) is 5.41 Å². The maximum absolute atomic E-state index is 12.6. The number of halogens is 1. The fourth-order valence-corrected chi connectivity index (χ4v) is 2.97. The van der Waals surface area contributed by atoms with Crippen LogP contribution in [0.15, 0.2) is 46.9 Å². The predicted octanol–water partition coefficient (Wildman–Crippen LogP) is 4.42. The van der Waals surface area contributed by atoms with Gasteiger partial charge in [0.05, 0.1) is 0 Å². The molecule has 0 spiro atoms. The van der Waals surface area contributed by atoms with Crippen molar-refractivity contribution in [3.63, 3.8) is 0 Å². The average molecular weight is 387 g/mol. The van der Waals surface area contributed by atoms with Gasteiger partial charge in [-0.05, 0) is 68.1 Å². The van der Waals surface area contributed by atoms with Crippen molar-refractivity contribution in [3.8, 4) is 0 Å². The van der Waals surface area contributed by atoms with Gasteiger partial charge in [0.1, 0.15) is 5.41 Å². The van der Waals surface area contributed by atoms with Crippen LogP contribution in [0.5, 0.6) is 0 Å². The molecule has 0 atom stereocenters. The first-order valence-corrected chi connectivity index (χ1v) is 8.66. The second-order valence-corrected chi connectivity index (χ2v) is 7.22. The fourth-order valence-electron chi connectivity index (χ4n) is 2.57. The molecule has 124 valence electrons. The summed E-state index contributed by atoms with van der Waals surface area (Å²) in [5.41, 5.74) is 2.73. The molecule has 1 fully saturated rings. The van der Waals surface area contributed by atoms with Gasteiger partial charge in [0.15, 0.2) is 0 Å². The molecule has 0 aromatic heterocycles. The van der Waals surface area contributed by atoms with E-state index in [-0.39, 0.29) is 11.8 Å². The summed E-state index contributed by atoms with van der Waals surface area (Å²) in [4.78, 5) is 25.2. The zero-order chi connectivity index (χ0) is 17.3. The first-order chi connectivity index (χ1) is 11.4. The van der Waals surface area contributed by atoms with Crippen LogP contribution in [0.25, 0.3) is 0 Å². The zero-order valence-electron chi connectivity index (χ0n) is 13.7. The second kappa shape index (κ2) is 6.40. The molecular weight excluding hydrogens is 368 g/mol. The van der Waals surface area contributed by atoms with Crippen molar-refractivity contribution < 1.29 is 9.59 Å². The Morgan fingerprint density at radius 3 is 2.08 bits per heavy atom. The fraction of sp³-hybridized carbons (Fsp3) is 0.263. The van der Waals surface area contributed by atoms with Crippen molar-refractivity contribution in [3.05, 3.63) is 58.1 Å². The standard InChI is InChI=1S/C19H19BrN2O2/c1-12-6-7-16(10-13(12)2)22-18(24)19(8-9-19)17(23)21-15-5-3-4-14(20)11-15/h3-7,10-11H,8-9H2,1-2H3,(H,21,23)(H,22,24). The van der Waals surface area contributed by atoms with E-state index in [1.165, 1.54) is 5.56 Å². The first kappa shape index (κ1) is 16.7. The van der Waals surface area contributed by atoms with Crippen LogP contribution in [0.1, 0.15) is 24.0 Å². The number of aryl methyl sites for hydroxylation is 2. The average Bonchev–Trinajstić information content (AvgIpc) is 3.33. The van der Waals surface area contributed by atoms with Gasteiger partial charge in [-0.3, -0.25) is 9.59 Å². The Kier molecular flexibility index (Phi) is 4.45. The number of hydrogen-bond acceptors (Lipinski definition) is 2. The molecule has 0 radical (unpaired) electrons. The molecule has 3 rings (SSSR count). The van der Waals surface area contributed by atoms with E-state index in [0.717, 1.165) is 15.7 Å². The molecule has 2 aromatic carbocycles. The first-order valence-electron chi connectivity index (χ1n) is 7.86. The summed E-state index contributed by atoms with van der Waals surface area (Å²) >= 11 is 3.37. The van der Waals surface area contributed by atoms with Gasteiger partial charge in [0.25, 0.3) is 0 Å². The molecule has 0 bridgehead atoms. The molecule has 1 saturated carbocycles. The SMILES string of the molecule is Cc1ccc(NC(=O)C2(C(=O)Nc3cccc(Br)c3)CC2)cc1C. The molecule has 0 heterocycles. The van der Waals surface area contributed by atoms with Crippen molar-refractivity contribution in [1.29, 1.82) is 0 Å². The molecule has 2 aromatic rings. The normalized spacial score (nSPS) is 14.8. The summed E-state index contributed by atoms with van der Waals surface area (Å²) in [5.74, 6) is -0.486. The Hall–Kier alpha value is -2.14. The van der Waals surface area contributed by atoms with Gasteiger partial charge in [-0.15, -0.1) is 0 Å². The van der Waals surface area contributed by atoms with Crippen LogP contribution in [0, 0.1) is 19.3 Å². The van der Waals surface area contributed by atoms with Crippen LogP contribution in [-0.4, -0.2) is 11.8 Å². The quantitative estimate of drug-likeness (QED) is 0.763. The van der Waals surface area contributed by atoms with Crippen LogP contribution < -0.4 is 10.6 Å². The summed E-state index contributed by atoms with van der Waals surface area (Å²) in [6.07, 6.45) is 1.15. The summed E-state index contributed by atoms with van der Waals surface area (Å²) < 4.78 is 0.879. The summed E-state index contributed by atoms with van der Waals surface area (Å²) in [6.45, 7) is 4.02. The number of anilines is 2. The number of hydrogen-bond donors (Lipinski definition) is 2. The summed E-state index contributed by atoms with van der Waals surface area (Å²) in [5, 5.41) is 5.72. The van der Waals surface area contributed by atoms with Gasteiger partial charge in [-0.25, -0.2) is 0 Å². The van der Waals surface area contributed by atoms with Crippen LogP contribution in [0.3, 0.4) is 0 Å². The molecule has 5 heteroatoms. The monoisotopic (exact) mass is 386 g/mol. The number of rotatable bonds is 4. The molecule has 0 unspecified atom stereocenters. The van der Waals surface area contributed by atoms with Crippen LogP contribution in [0.4, 0.5) is 11.4 Å². The number of carbonyl (C=O) groups is 2. The van der Waals surface area contributed by atoms with E-state index in [1.54, 1.807) is 6.07 Å². The maximum atomic E-state index is 12.6. The van der Waals surface area contributed by atoms with Gasteiger partial charge in [-0.1, -0.05) is 28.1 Å². The highest BCUT2D eigenvalue weighted by Gasteiger charge is 2.56. The smallest absolute Gasteiger partial charge is 0.240 e. The minimum Gasteiger partial charge on any atom is -0.325 e. The minimum absolute atomic E-state index is 0.238. The number of nitrogens with one attached hydrogen (secondary N) is 2. The third kappa shape index (κ3) is 3.36. The minimum atomic E-state index is -0.957. The molecule has 1 aliphatic rings. The predicted molar refractivity (Wildman–Crippen MR) is 99.0 cm³/mol. The summed E-state index contributed by atoms with van der Waals surface area (Å²) in [6, 6.07) is 13.1. The van der Waals surface area contributed by atoms with Gasteiger partial charge >= 0.3 is 0 Å². The number of benzene rings is 2. The lowest BCUT2D eigenvalue weighted by atomic mass is 10.0. The van der Waals surface area contributed by atoms with Crippen LogP contribution in [0.2, 0.25) is 0 Å². The lowest BCUT2D eigenvalue weighted by Crippen LogP contribution is -2.35. The molecule has 4 nitrogen and oxygen atoms in total. The third-order valence-electron chi connectivity index (χ3n) is 4.47. The molecular formula is C19H19BrN2O2. The third-order valence-corrected chi connectivity index (χ3v) is 4.96. The highest BCUT2D eigenvalue weighted by Crippen LogP contribution is 2.47. The largest absolute Gasteiger partial charge is 0.325 e. The molecule has 1 aliphatic carbocycles. The van der Waals surface area contributed by atoms with E-state index in [1.807, 2.05) is 50.2 Å². The Morgan fingerprint density at radius 1 is 0.917 bits per heavy atom. The molecule has 0 saturated heterocycles. The number of amides is 2. The Bertz CT molecular complexity index is 813. The molecule has 2 N–H and O–H groups in total. The van der Waals surface area contributed by atoms with Crippen molar-refractivity contribution in [1.82, 2.24) is 0 Å². The molecule has 2 amide bonds. The van der Waals surface area contributed by atoms with E-state index < -0.39 is 5.41 Å². The van der Waals surface area contributed by atoms with E-state index in [2.05, 4.69) is 26.6 Å². The maximum Gasteiger partial charge on any atom is 0.240 e. The van der Waals surface area contributed by atoms with E-state index in [0.29, 0.717) is 18.5 Å². The van der Waals surface area contributed by atoms with E-state index >= 15 is 0 Å². The molecule has 0 aliphatic heterocycles. The second-order valence-electron chi connectivity index (χ2n) is 6.30. The topological polar surface area (TPSA) is 58.2 Å². The Labute approximate surface area is 149 Å². The molecule has 24 heavy (non-hydrogen) atoms. The Morgan fingerprint density at radius 2 is 1.54 bits per heavy atom. The van der Waals surface area contributed by atoms with E-state index in [9.17, 15) is 9.59 Å². The van der Waals surface area contributed by atoms with Crippen molar-refractivity contribution in [2.45, 2.75) is 26.7 Å². The Balaban J connectivity index is 1.71. The number of carbonyl (C=O) groups excluding carboxylic acids is 2. The highest BCUT2D eigenvalue weighted by atomic mass is 79.9. The van der Waals surface area contributed by atoms with Gasteiger partial charge in [-0.2, -0.15) is 0 Å².